The number of fused-ring (bicyclic) bond motifs is 1. The van der Waals surface area contributed by atoms with E-state index < -0.39 is 0 Å². The molecule has 3 rings (SSSR count). The first-order chi connectivity index (χ1) is 12.0. The minimum atomic E-state index is -0.348. The molecule has 4 nitrogen and oxygen atoms in total. The van der Waals surface area contributed by atoms with Crippen molar-refractivity contribution in [2.75, 3.05) is 11.9 Å². The molecule has 0 aliphatic heterocycles. The lowest BCUT2D eigenvalue weighted by molar-refractivity contribution is 0.0526. The Balaban J connectivity index is 1.94. The van der Waals surface area contributed by atoms with Crippen LogP contribution in [0.1, 0.15) is 51.4 Å². The lowest BCUT2D eigenvalue weighted by Crippen LogP contribution is -2.16. The zero-order chi connectivity index (χ0) is 18.0. The molecule has 1 atom stereocenters. The van der Waals surface area contributed by atoms with Gasteiger partial charge < -0.3 is 10.1 Å². The molecule has 0 bridgehead atoms. The number of esters is 1. The summed E-state index contributed by atoms with van der Waals surface area (Å²) in [5.74, 6) is 0.0208. The van der Waals surface area contributed by atoms with Crippen LogP contribution in [0, 0.1) is 5.92 Å². The maximum atomic E-state index is 12.6. The van der Waals surface area contributed by atoms with Crippen molar-refractivity contribution < 1.29 is 14.3 Å². The summed E-state index contributed by atoms with van der Waals surface area (Å²) in [5, 5.41) is 3.52. The topological polar surface area (TPSA) is 55.4 Å². The number of anilines is 1. The third kappa shape index (κ3) is 3.96. The highest BCUT2D eigenvalue weighted by molar-refractivity contribution is 9.10. The summed E-state index contributed by atoms with van der Waals surface area (Å²) in [4.78, 5) is 26.3. The average Bonchev–Trinajstić information content (AvgIpc) is 2.91. The van der Waals surface area contributed by atoms with E-state index in [1.807, 2.05) is 12.1 Å². The summed E-state index contributed by atoms with van der Waals surface area (Å²) in [5.41, 5.74) is 2.13. The summed E-state index contributed by atoms with van der Waals surface area (Å²) in [6.07, 6.45) is 2.85. The molecule has 0 unspecified atom stereocenters. The number of hydrogen-bond donors (Lipinski definition) is 1. The molecule has 1 aromatic carbocycles. The van der Waals surface area contributed by atoms with Gasteiger partial charge in [-0.1, -0.05) is 28.9 Å². The van der Waals surface area contributed by atoms with E-state index in [-0.39, 0.29) is 11.9 Å². The number of nitrogens with one attached hydrogen (secondary N) is 1. The van der Waals surface area contributed by atoms with Crippen LogP contribution < -0.4 is 5.32 Å². The molecule has 2 aromatic rings. The number of ether oxygens (including phenoxy) is 1. The largest absolute Gasteiger partial charge is 0.462 e. The maximum Gasteiger partial charge on any atom is 0.341 e. The summed E-state index contributed by atoms with van der Waals surface area (Å²) >= 11 is 4.88. The van der Waals surface area contributed by atoms with Gasteiger partial charge in [-0.15, -0.1) is 11.3 Å². The number of carbonyl (C=O) groups is 2. The van der Waals surface area contributed by atoms with Crippen LogP contribution in [0.4, 0.5) is 5.00 Å². The Labute approximate surface area is 159 Å². The average molecular weight is 422 g/mol. The van der Waals surface area contributed by atoms with Crippen molar-refractivity contribution in [1.82, 2.24) is 0 Å². The second-order valence-electron chi connectivity index (χ2n) is 6.24. The Morgan fingerprint density at radius 1 is 1.40 bits per heavy atom. The maximum absolute atomic E-state index is 12.6. The highest BCUT2D eigenvalue weighted by Gasteiger charge is 2.29. The molecule has 0 radical (unpaired) electrons. The van der Waals surface area contributed by atoms with Crippen LogP contribution in [0.25, 0.3) is 0 Å². The fourth-order valence-electron chi connectivity index (χ4n) is 3.06. The molecule has 0 fully saturated rings. The number of benzene rings is 1. The predicted octanol–water partition coefficient (Wildman–Crippen LogP) is 5.06. The van der Waals surface area contributed by atoms with Crippen LogP contribution in [-0.4, -0.2) is 18.5 Å². The van der Waals surface area contributed by atoms with E-state index in [1.54, 1.807) is 19.1 Å². The van der Waals surface area contributed by atoms with Crippen LogP contribution in [-0.2, 0) is 17.6 Å². The molecular weight excluding hydrogens is 402 g/mol. The lowest BCUT2D eigenvalue weighted by atomic mass is 9.88. The molecule has 132 valence electrons. The first kappa shape index (κ1) is 18.1. The molecule has 25 heavy (non-hydrogen) atoms. The second kappa shape index (κ2) is 7.70. The zero-order valence-electron chi connectivity index (χ0n) is 14.2. The number of thiophene rings is 1. The van der Waals surface area contributed by atoms with Gasteiger partial charge in [0.2, 0.25) is 0 Å². The molecule has 1 aliphatic carbocycles. The van der Waals surface area contributed by atoms with Crippen molar-refractivity contribution in [2.24, 2.45) is 5.92 Å². The minimum Gasteiger partial charge on any atom is -0.462 e. The van der Waals surface area contributed by atoms with Gasteiger partial charge in [0.15, 0.2) is 0 Å². The monoisotopic (exact) mass is 421 g/mol. The molecular formula is C19H20BrNO3S. The Morgan fingerprint density at radius 2 is 2.20 bits per heavy atom. The summed E-state index contributed by atoms with van der Waals surface area (Å²) in [7, 11) is 0. The molecule has 0 saturated heterocycles. The molecule has 1 N–H and O–H groups in total. The first-order valence-corrected chi connectivity index (χ1v) is 9.99. The summed E-state index contributed by atoms with van der Waals surface area (Å²) in [6, 6.07) is 7.19. The van der Waals surface area contributed by atoms with Crippen LogP contribution in [0.15, 0.2) is 28.7 Å². The number of rotatable bonds is 4. The van der Waals surface area contributed by atoms with Crippen molar-refractivity contribution in [3.8, 4) is 0 Å². The number of halogens is 1. The van der Waals surface area contributed by atoms with Crippen molar-refractivity contribution in [1.29, 1.82) is 0 Å². The molecule has 0 spiro atoms. The van der Waals surface area contributed by atoms with E-state index in [0.717, 1.165) is 29.3 Å². The van der Waals surface area contributed by atoms with Crippen LogP contribution in [0.5, 0.6) is 0 Å². The smallest absolute Gasteiger partial charge is 0.341 e. The molecule has 1 amide bonds. The van der Waals surface area contributed by atoms with E-state index >= 15 is 0 Å². The SMILES string of the molecule is CCOC(=O)c1c(NC(=O)c2cccc(Br)c2)sc2c1CC[C@@H](C)C2. The fraction of sp³-hybridized carbons (Fsp3) is 0.368. The summed E-state index contributed by atoms with van der Waals surface area (Å²) in [6.45, 7) is 4.32. The predicted molar refractivity (Wildman–Crippen MR) is 104 cm³/mol. The van der Waals surface area contributed by atoms with Gasteiger partial charge in [-0.2, -0.15) is 0 Å². The van der Waals surface area contributed by atoms with Gasteiger partial charge in [0, 0.05) is 14.9 Å². The van der Waals surface area contributed by atoms with Gasteiger partial charge in [0.05, 0.1) is 12.2 Å². The minimum absolute atomic E-state index is 0.224. The third-order valence-electron chi connectivity index (χ3n) is 4.31. The van der Waals surface area contributed by atoms with E-state index in [4.69, 9.17) is 4.74 Å². The van der Waals surface area contributed by atoms with Gasteiger partial charge in [0.1, 0.15) is 5.00 Å². The fourth-order valence-corrected chi connectivity index (χ4v) is 4.86. The highest BCUT2D eigenvalue weighted by atomic mass is 79.9. The number of hydrogen-bond acceptors (Lipinski definition) is 4. The van der Waals surface area contributed by atoms with Crippen molar-refractivity contribution in [3.05, 3.63) is 50.3 Å². The molecule has 1 aliphatic rings. The molecule has 6 heteroatoms. The van der Waals surface area contributed by atoms with Crippen molar-refractivity contribution in [2.45, 2.75) is 33.1 Å². The Kier molecular flexibility index (Phi) is 5.59. The van der Waals surface area contributed by atoms with Gasteiger partial charge in [0.25, 0.3) is 5.91 Å². The van der Waals surface area contributed by atoms with Gasteiger partial charge in [-0.25, -0.2) is 4.79 Å². The van der Waals surface area contributed by atoms with E-state index in [9.17, 15) is 9.59 Å². The van der Waals surface area contributed by atoms with Crippen LogP contribution in [0.2, 0.25) is 0 Å². The third-order valence-corrected chi connectivity index (χ3v) is 5.97. The molecule has 0 saturated carbocycles. The van der Waals surface area contributed by atoms with Gasteiger partial charge in [-0.3, -0.25) is 4.79 Å². The van der Waals surface area contributed by atoms with E-state index in [2.05, 4.69) is 28.2 Å². The Bertz CT molecular complexity index is 815. The first-order valence-electron chi connectivity index (χ1n) is 8.38. The number of carbonyl (C=O) groups excluding carboxylic acids is 2. The van der Waals surface area contributed by atoms with Gasteiger partial charge >= 0.3 is 5.97 Å². The Hall–Kier alpha value is -1.66. The van der Waals surface area contributed by atoms with E-state index in [0.29, 0.717) is 28.7 Å². The molecule has 1 heterocycles. The van der Waals surface area contributed by atoms with Gasteiger partial charge in [-0.05, 0) is 55.9 Å². The van der Waals surface area contributed by atoms with Crippen molar-refractivity contribution in [3.63, 3.8) is 0 Å². The second-order valence-corrected chi connectivity index (χ2v) is 8.26. The Morgan fingerprint density at radius 3 is 2.92 bits per heavy atom. The van der Waals surface area contributed by atoms with Crippen molar-refractivity contribution >= 4 is 44.1 Å². The van der Waals surface area contributed by atoms with E-state index in [1.165, 1.54) is 16.2 Å². The number of amides is 1. The highest BCUT2D eigenvalue weighted by Crippen LogP contribution is 2.40. The summed E-state index contributed by atoms with van der Waals surface area (Å²) < 4.78 is 6.07. The lowest BCUT2D eigenvalue weighted by Gasteiger charge is -2.18. The van der Waals surface area contributed by atoms with Crippen LogP contribution in [0.3, 0.4) is 0 Å². The zero-order valence-corrected chi connectivity index (χ0v) is 16.6. The van der Waals surface area contributed by atoms with Crippen LogP contribution >= 0.6 is 27.3 Å². The standard InChI is InChI=1S/C19H20BrNO3S/c1-3-24-19(23)16-14-8-7-11(2)9-15(14)25-18(16)21-17(22)12-5-4-6-13(20)10-12/h4-6,10-11H,3,7-9H2,1-2H3,(H,21,22)/t11-/m1/s1. The quantitative estimate of drug-likeness (QED) is 0.701. The molecule has 1 aromatic heterocycles. The normalized spacial score (nSPS) is 16.2.